The number of aryl methyl sites for hydroxylation is 2. The summed E-state index contributed by atoms with van der Waals surface area (Å²) in [6.45, 7) is 6.14. The monoisotopic (exact) mass is 312 g/mol. The molecule has 0 saturated carbocycles. The molecule has 122 valence electrons. The van der Waals surface area contributed by atoms with Crippen molar-refractivity contribution >= 4 is 5.82 Å². The van der Waals surface area contributed by atoms with E-state index in [-0.39, 0.29) is 5.75 Å². The lowest BCUT2D eigenvalue weighted by Crippen LogP contribution is -2.39. The van der Waals surface area contributed by atoms with Gasteiger partial charge in [0.1, 0.15) is 11.6 Å². The number of phenols is 1. The van der Waals surface area contributed by atoms with Gasteiger partial charge in [-0.1, -0.05) is 6.07 Å². The van der Waals surface area contributed by atoms with Crippen LogP contribution in [0.25, 0.3) is 11.3 Å². The van der Waals surface area contributed by atoms with E-state index in [0.717, 1.165) is 42.0 Å². The van der Waals surface area contributed by atoms with Crippen LogP contribution in [0, 0.1) is 13.8 Å². The number of hydrogen-bond donors (Lipinski definition) is 2. The summed E-state index contributed by atoms with van der Waals surface area (Å²) in [5.74, 6) is 1.05. The average molecular weight is 312 g/mol. The summed E-state index contributed by atoms with van der Waals surface area (Å²) in [5, 5.41) is 22.2. The number of piperidine rings is 1. The van der Waals surface area contributed by atoms with Crippen molar-refractivity contribution in [2.45, 2.75) is 32.7 Å². The minimum atomic E-state index is 0.256. The Balaban J connectivity index is 1.77. The van der Waals surface area contributed by atoms with E-state index in [9.17, 15) is 5.11 Å². The van der Waals surface area contributed by atoms with Gasteiger partial charge in [0.2, 0.25) is 0 Å². The Kier molecular flexibility index (Phi) is 4.48. The first-order valence-electron chi connectivity index (χ1n) is 8.12. The molecule has 1 atom stereocenters. The van der Waals surface area contributed by atoms with Crippen molar-refractivity contribution in [3.05, 3.63) is 35.4 Å². The summed E-state index contributed by atoms with van der Waals surface area (Å²) in [6.07, 6.45) is 2.36. The molecule has 2 N–H and O–H groups in total. The van der Waals surface area contributed by atoms with Gasteiger partial charge >= 0.3 is 0 Å². The molecular weight excluding hydrogens is 288 g/mol. The van der Waals surface area contributed by atoms with Gasteiger partial charge in [-0.05, 0) is 69.6 Å². The van der Waals surface area contributed by atoms with E-state index in [1.807, 2.05) is 32.0 Å². The van der Waals surface area contributed by atoms with E-state index in [1.54, 1.807) is 6.07 Å². The lowest BCUT2D eigenvalue weighted by molar-refractivity contribution is 0.260. The molecule has 0 bridgehead atoms. The highest BCUT2D eigenvalue weighted by molar-refractivity contribution is 5.71. The van der Waals surface area contributed by atoms with Gasteiger partial charge in [-0.3, -0.25) is 0 Å². The second kappa shape index (κ2) is 6.54. The molecule has 2 aromatic rings. The van der Waals surface area contributed by atoms with Gasteiger partial charge in [0.15, 0.2) is 0 Å². The van der Waals surface area contributed by atoms with Crippen molar-refractivity contribution in [1.82, 2.24) is 15.1 Å². The number of likely N-dealkylation sites (N-methyl/N-ethyl adjacent to an activating group) is 1. The highest BCUT2D eigenvalue weighted by Crippen LogP contribution is 2.32. The molecular formula is C18H24N4O. The maximum absolute atomic E-state index is 10.2. The van der Waals surface area contributed by atoms with Gasteiger partial charge in [0, 0.05) is 18.2 Å². The molecule has 1 aromatic carbocycles. The van der Waals surface area contributed by atoms with Crippen LogP contribution in [0.5, 0.6) is 5.75 Å². The molecule has 2 heterocycles. The van der Waals surface area contributed by atoms with E-state index < -0.39 is 0 Å². The Morgan fingerprint density at radius 2 is 2.04 bits per heavy atom. The Morgan fingerprint density at radius 3 is 2.70 bits per heavy atom. The lowest BCUT2D eigenvalue weighted by Gasteiger charge is -2.30. The number of hydrogen-bond acceptors (Lipinski definition) is 5. The molecule has 0 spiro atoms. The van der Waals surface area contributed by atoms with E-state index in [1.165, 1.54) is 6.42 Å². The second-order valence-electron chi connectivity index (χ2n) is 6.53. The number of aromatic hydroxyl groups is 1. The Hall–Kier alpha value is -2.14. The van der Waals surface area contributed by atoms with Crippen molar-refractivity contribution in [2.75, 3.05) is 25.5 Å². The van der Waals surface area contributed by atoms with E-state index >= 15 is 0 Å². The number of nitrogens with one attached hydrogen (secondary N) is 1. The van der Waals surface area contributed by atoms with Crippen LogP contribution in [0.1, 0.15) is 24.0 Å². The summed E-state index contributed by atoms with van der Waals surface area (Å²) >= 11 is 0. The van der Waals surface area contributed by atoms with Crippen LogP contribution < -0.4 is 5.32 Å². The molecule has 0 aliphatic carbocycles. The molecule has 3 rings (SSSR count). The largest absolute Gasteiger partial charge is 0.507 e. The van der Waals surface area contributed by atoms with Gasteiger partial charge in [0.05, 0.1) is 5.69 Å². The van der Waals surface area contributed by atoms with E-state index in [0.29, 0.717) is 11.7 Å². The highest BCUT2D eigenvalue weighted by Gasteiger charge is 2.17. The minimum Gasteiger partial charge on any atom is -0.507 e. The van der Waals surface area contributed by atoms with Crippen molar-refractivity contribution < 1.29 is 5.11 Å². The summed E-state index contributed by atoms with van der Waals surface area (Å²) in [4.78, 5) is 2.33. The Bertz CT molecular complexity index is 661. The second-order valence-corrected chi connectivity index (χ2v) is 6.53. The number of likely N-dealkylation sites (tertiary alicyclic amines) is 1. The Labute approximate surface area is 137 Å². The number of anilines is 1. The van der Waals surface area contributed by atoms with Gasteiger partial charge in [-0.25, -0.2) is 0 Å². The van der Waals surface area contributed by atoms with Crippen molar-refractivity contribution in [2.24, 2.45) is 0 Å². The summed E-state index contributed by atoms with van der Waals surface area (Å²) in [5.41, 5.74) is 3.50. The molecule has 1 aliphatic rings. The molecule has 1 saturated heterocycles. The lowest BCUT2D eigenvalue weighted by atomic mass is 10.0. The summed E-state index contributed by atoms with van der Waals surface area (Å²) < 4.78 is 0. The highest BCUT2D eigenvalue weighted by atomic mass is 16.3. The zero-order chi connectivity index (χ0) is 16.4. The third-order valence-corrected chi connectivity index (χ3v) is 4.36. The fraction of sp³-hybridized carbons (Fsp3) is 0.444. The van der Waals surface area contributed by atoms with E-state index in [2.05, 4.69) is 27.5 Å². The number of aromatic nitrogens is 2. The van der Waals surface area contributed by atoms with Crippen LogP contribution in [0.4, 0.5) is 5.82 Å². The molecule has 5 heteroatoms. The van der Waals surface area contributed by atoms with Crippen molar-refractivity contribution in [1.29, 1.82) is 0 Å². The molecule has 1 aromatic heterocycles. The van der Waals surface area contributed by atoms with Crippen LogP contribution in [0.3, 0.4) is 0 Å². The van der Waals surface area contributed by atoms with Crippen LogP contribution in [-0.4, -0.2) is 46.4 Å². The van der Waals surface area contributed by atoms with Gasteiger partial charge in [-0.2, -0.15) is 0 Å². The topological polar surface area (TPSA) is 61.3 Å². The molecule has 1 aliphatic heterocycles. The number of rotatable bonds is 3. The third kappa shape index (κ3) is 3.62. The predicted molar refractivity (Wildman–Crippen MR) is 92.7 cm³/mol. The van der Waals surface area contributed by atoms with Gasteiger partial charge in [-0.15, -0.1) is 10.2 Å². The summed E-state index contributed by atoms with van der Waals surface area (Å²) in [7, 11) is 2.14. The van der Waals surface area contributed by atoms with Crippen LogP contribution in [-0.2, 0) is 0 Å². The molecule has 1 unspecified atom stereocenters. The predicted octanol–water partition coefficient (Wildman–Crippen LogP) is 2.97. The number of phenolic OH excluding ortho intramolecular Hbond substituents is 1. The number of nitrogens with zero attached hydrogens (tertiary/aromatic N) is 3. The van der Waals surface area contributed by atoms with Crippen molar-refractivity contribution in [3.63, 3.8) is 0 Å². The maximum Gasteiger partial charge on any atom is 0.148 e. The SMILES string of the molecule is Cc1cc(C)c(-c2ccc(NC3CCCN(C)C3)nn2)c(O)c1. The fourth-order valence-corrected chi connectivity index (χ4v) is 3.31. The standard InChI is InChI=1S/C18H24N4O/c1-12-9-13(2)18(16(23)10-12)15-6-7-17(21-20-15)19-14-5-4-8-22(3)11-14/h6-7,9-10,14,23H,4-5,8,11H2,1-3H3,(H,19,21). The zero-order valence-corrected chi connectivity index (χ0v) is 14.0. The summed E-state index contributed by atoms with van der Waals surface area (Å²) in [6, 6.07) is 8.08. The molecule has 0 amide bonds. The third-order valence-electron chi connectivity index (χ3n) is 4.36. The zero-order valence-electron chi connectivity index (χ0n) is 14.0. The first-order chi connectivity index (χ1) is 11.0. The first kappa shape index (κ1) is 15.7. The normalized spacial score (nSPS) is 18.8. The van der Waals surface area contributed by atoms with Gasteiger partial charge < -0.3 is 15.3 Å². The fourth-order valence-electron chi connectivity index (χ4n) is 3.31. The molecule has 23 heavy (non-hydrogen) atoms. The smallest absolute Gasteiger partial charge is 0.148 e. The van der Waals surface area contributed by atoms with Crippen LogP contribution >= 0.6 is 0 Å². The van der Waals surface area contributed by atoms with Crippen molar-refractivity contribution in [3.8, 4) is 17.0 Å². The molecule has 1 fully saturated rings. The minimum absolute atomic E-state index is 0.256. The molecule has 0 radical (unpaired) electrons. The average Bonchev–Trinajstić information content (AvgIpc) is 2.48. The first-order valence-corrected chi connectivity index (χ1v) is 8.12. The van der Waals surface area contributed by atoms with Crippen LogP contribution in [0.2, 0.25) is 0 Å². The maximum atomic E-state index is 10.2. The van der Waals surface area contributed by atoms with Gasteiger partial charge in [0.25, 0.3) is 0 Å². The quantitative estimate of drug-likeness (QED) is 0.912. The number of benzene rings is 1. The molecule has 5 nitrogen and oxygen atoms in total. The Morgan fingerprint density at radius 1 is 1.22 bits per heavy atom. The van der Waals surface area contributed by atoms with Crippen LogP contribution in [0.15, 0.2) is 24.3 Å². The van der Waals surface area contributed by atoms with E-state index in [4.69, 9.17) is 0 Å².